The third-order valence-electron chi connectivity index (χ3n) is 5.07. The van der Waals surface area contributed by atoms with Gasteiger partial charge in [-0.05, 0) is 31.2 Å². The van der Waals surface area contributed by atoms with Crippen LogP contribution in [0.5, 0.6) is 0 Å². The van der Waals surface area contributed by atoms with Crippen LogP contribution in [-0.4, -0.2) is 44.1 Å². The molecule has 0 bridgehead atoms. The number of hydrogen-bond donors (Lipinski definition) is 1. The molecule has 28 heavy (non-hydrogen) atoms. The van der Waals surface area contributed by atoms with E-state index < -0.39 is 6.04 Å². The average Bonchev–Trinajstić information content (AvgIpc) is 3.02. The first-order chi connectivity index (χ1) is 13.3. The molecule has 1 aromatic heterocycles. The normalized spacial score (nSPS) is 17.3. The third kappa shape index (κ3) is 4.58. The summed E-state index contributed by atoms with van der Waals surface area (Å²) >= 11 is 0. The maximum absolute atomic E-state index is 13.2. The molecular formula is C21H29N5O2. The van der Waals surface area contributed by atoms with Crippen LogP contribution in [0.15, 0.2) is 30.3 Å². The van der Waals surface area contributed by atoms with Crippen molar-refractivity contribution >= 4 is 11.8 Å². The Balaban J connectivity index is 1.84. The molecule has 2 atom stereocenters. The highest BCUT2D eigenvalue weighted by molar-refractivity contribution is 5.87. The van der Waals surface area contributed by atoms with Crippen LogP contribution in [0.2, 0.25) is 0 Å². The molecule has 0 spiro atoms. The van der Waals surface area contributed by atoms with Gasteiger partial charge in [0.2, 0.25) is 11.8 Å². The number of hydrogen-bond acceptors (Lipinski definition) is 4. The number of amides is 2. The first kappa shape index (κ1) is 20.0. The number of rotatable bonds is 6. The van der Waals surface area contributed by atoms with Crippen molar-refractivity contribution in [3.63, 3.8) is 0 Å². The topological polar surface area (TPSA) is 80.1 Å². The predicted molar refractivity (Wildman–Crippen MR) is 106 cm³/mol. The monoisotopic (exact) mass is 383 g/mol. The zero-order chi connectivity index (χ0) is 20.3. The van der Waals surface area contributed by atoms with Crippen LogP contribution in [0.25, 0.3) is 0 Å². The highest BCUT2D eigenvalue weighted by Gasteiger charge is 2.34. The largest absolute Gasteiger partial charge is 0.345 e. The maximum Gasteiger partial charge on any atom is 0.245 e. The first-order valence-electron chi connectivity index (χ1n) is 9.85. The van der Waals surface area contributed by atoms with E-state index in [9.17, 15) is 9.59 Å². The van der Waals surface area contributed by atoms with Gasteiger partial charge in [-0.2, -0.15) is 0 Å². The molecule has 0 saturated carbocycles. The van der Waals surface area contributed by atoms with Crippen LogP contribution in [0.4, 0.5) is 0 Å². The van der Waals surface area contributed by atoms with Crippen LogP contribution >= 0.6 is 0 Å². The molecule has 2 heterocycles. The highest BCUT2D eigenvalue weighted by Crippen LogP contribution is 2.26. The Labute approximate surface area is 166 Å². The number of aromatic nitrogens is 3. The van der Waals surface area contributed by atoms with Gasteiger partial charge in [-0.3, -0.25) is 9.59 Å². The summed E-state index contributed by atoms with van der Waals surface area (Å²) in [5.41, 5.74) is 1.21. The van der Waals surface area contributed by atoms with Crippen molar-refractivity contribution in [3.05, 3.63) is 47.5 Å². The van der Waals surface area contributed by atoms with E-state index in [2.05, 4.69) is 46.1 Å². The third-order valence-corrected chi connectivity index (χ3v) is 5.07. The van der Waals surface area contributed by atoms with Gasteiger partial charge in [0, 0.05) is 13.5 Å². The summed E-state index contributed by atoms with van der Waals surface area (Å²) in [5, 5.41) is 11.4. The summed E-state index contributed by atoms with van der Waals surface area (Å²) in [7, 11) is 0. The molecule has 0 unspecified atom stereocenters. The molecule has 7 nitrogen and oxygen atoms in total. The second-order valence-corrected chi connectivity index (χ2v) is 7.98. The molecule has 2 aromatic rings. The lowest BCUT2D eigenvalue weighted by molar-refractivity contribution is -0.138. The molecule has 0 saturated heterocycles. The van der Waals surface area contributed by atoms with Crippen LogP contribution in [0.3, 0.4) is 0 Å². The highest BCUT2D eigenvalue weighted by atomic mass is 16.2. The molecule has 2 amide bonds. The molecule has 1 N–H and O–H groups in total. The second-order valence-electron chi connectivity index (χ2n) is 7.98. The summed E-state index contributed by atoms with van der Waals surface area (Å²) in [6, 6.07) is 9.80. The summed E-state index contributed by atoms with van der Waals surface area (Å²) < 4.78 is 2.15. The Morgan fingerprint density at radius 2 is 1.93 bits per heavy atom. The number of benzene rings is 1. The molecule has 7 heteroatoms. The van der Waals surface area contributed by atoms with Crippen molar-refractivity contribution in [1.29, 1.82) is 0 Å². The zero-order valence-electron chi connectivity index (χ0n) is 17.1. The van der Waals surface area contributed by atoms with Crippen LogP contribution in [-0.2, 0) is 22.6 Å². The van der Waals surface area contributed by atoms with E-state index in [1.165, 1.54) is 12.5 Å². The van der Waals surface area contributed by atoms with E-state index in [0.29, 0.717) is 25.4 Å². The molecule has 1 aliphatic heterocycles. The van der Waals surface area contributed by atoms with Gasteiger partial charge < -0.3 is 14.8 Å². The van der Waals surface area contributed by atoms with Crippen molar-refractivity contribution in [1.82, 2.24) is 25.0 Å². The quantitative estimate of drug-likeness (QED) is 0.830. The Hall–Kier alpha value is -2.70. The number of carbonyl (C=O) groups excluding carboxylic acids is 2. The molecule has 150 valence electrons. The van der Waals surface area contributed by atoms with Gasteiger partial charge in [-0.1, -0.05) is 44.2 Å². The Morgan fingerprint density at radius 3 is 2.57 bits per heavy atom. The van der Waals surface area contributed by atoms with Crippen LogP contribution in [0, 0.1) is 12.8 Å². The van der Waals surface area contributed by atoms with Gasteiger partial charge in [0.05, 0.1) is 12.6 Å². The predicted octanol–water partition coefficient (Wildman–Crippen LogP) is 2.26. The fraction of sp³-hybridized carbons (Fsp3) is 0.524. The Bertz CT molecular complexity index is 831. The average molecular weight is 383 g/mol. The van der Waals surface area contributed by atoms with Crippen molar-refractivity contribution in [3.8, 4) is 0 Å². The fourth-order valence-electron chi connectivity index (χ4n) is 3.94. The fourth-order valence-corrected chi connectivity index (χ4v) is 3.94. The zero-order valence-corrected chi connectivity index (χ0v) is 17.1. The lowest BCUT2D eigenvalue weighted by Gasteiger charge is -2.36. The summed E-state index contributed by atoms with van der Waals surface area (Å²) in [4.78, 5) is 26.7. The smallest absolute Gasteiger partial charge is 0.245 e. The standard InChI is InChI=1S/C21H29N5O2/c1-14(2)10-19(22-16(4)27)21(28)25-12-18(11-17-8-6-5-7-9-17)26-15(3)23-24-20(26)13-25/h5-9,14,18-19H,10-13H2,1-4H3,(H,22,27)/t18-,19+/m1/s1. The van der Waals surface area contributed by atoms with Crippen molar-refractivity contribution < 1.29 is 9.59 Å². The minimum absolute atomic E-state index is 0.0473. The maximum atomic E-state index is 13.2. The molecule has 1 aliphatic rings. The number of carbonyl (C=O) groups is 2. The van der Waals surface area contributed by atoms with Gasteiger partial charge in [0.15, 0.2) is 5.82 Å². The van der Waals surface area contributed by atoms with Crippen LogP contribution < -0.4 is 5.32 Å². The first-order valence-corrected chi connectivity index (χ1v) is 9.85. The minimum atomic E-state index is -0.509. The number of aryl methyl sites for hydroxylation is 1. The van der Waals surface area contributed by atoms with Crippen molar-refractivity contribution in [2.24, 2.45) is 5.92 Å². The van der Waals surface area contributed by atoms with Gasteiger partial charge in [0.1, 0.15) is 11.9 Å². The molecule has 0 radical (unpaired) electrons. The number of nitrogens with one attached hydrogen (secondary N) is 1. The summed E-state index contributed by atoms with van der Waals surface area (Å²) in [5.74, 6) is 1.73. The van der Waals surface area contributed by atoms with Gasteiger partial charge >= 0.3 is 0 Å². The second kappa shape index (κ2) is 8.54. The number of nitrogens with zero attached hydrogens (tertiary/aromatic N) is 4. The van der Waals surface area contributed by atoms with E-state index in [-0.39, 0.29) is 17.9 Å². The van der Waals surface area contributed by atoms with Gasteiger partial charge in [-0.25, -0.2) is 0 Å². The van der Waals surface area contributed by atoms with E-state index >= 15 is 0 Å². The van der Waals surface area contributed by atoms with Crippen molar-refractivity contribution in [2.75, 3.05) is 6.54 Å². The molecule has 3 rings (SSSR count). The lowest BCUT2D eigenvalue weighted by atomic mass is 10.00. The number of fused-ring (bicyclic) bond motifs is 1. The van der Waals surface area contributed by atoms with Crippen molar-refractivity contribution in [2.45, 2.75) is 59.2 Å². The lowest BCUT2D eigenvalue weighted by Crippen LogP contribution is -2.51. The Kier molecular flexibility index (Phi) is 6.11. The van der Waals surface area contributed by atoms with E-state index in [4.69, 9.17) is 0 Å². The minimum Gasteiger partial charge on any atom is -0.345 e. The molecule has 0 fully saturated rings. The molecular weight excluding hydrogens is 354 g/mol. The van der Waals surface area contributed by atoms with E-state index in [0.717, 1.165) is 18.1 Å². The van der Waals surface area contributed by atoms with Gasteiger partial charge in [-0.15, -0.1) is 10.2 Å². The van der Waals surface area contributed by atoms with E-state index in [1.54, 1.807) is 0 Å². The Morgan fingerprint density at radius 1 is 1.21 bits per heavy atom. The SMILES string of the molecule is CC(=O)N[C@@H](CC(C)C)C(=O)N1Cc2nnc(C)n2[C@H](Cc2ccccc2)C1. The van der Waals surface area contributed by atoms with E-state index in [1.807, 2.05) is 30.0 Å². The molecule has 0 aliphatic carbocycles. The van der Waals surface area contributed by atoms with Crippen LogP contribution in [0.1, 0.15) is 50.4 Å². The van der Waals surface area contributed by atoms with Gasteiger partial charge in [0.25, 0.3) is 0 Å². The summed E-state index contributed by atoms with van der Waals surface area (Å²) in [6.45, 7) is 8.50. The summed E-state index contributed by atoms with van der Waals surface area (Å²) in [6.07, 6.45) is 1.41. The molecule has 1 aromatic carbocycles.